The van der Waals surface area contributed by atoms with E-state index in [1.807, 2.05) is 38.1 Å². The van der Waals surface area contributed by atoms with E-state index in [4.69, 9.17) is 5.26 Å². The normalized spacial score (nSPS) is 9.85. The summed E-state index contributed by atoms with van der Waals surface area (Å²) in [6.07, 6.45) is 1.74. The number of hydrogen-bond acceptors (Lipinski definition) is 3. The van der Waals surface area contributed by atoms with E-state index in [9.17, 15) is 4.79 Å². The molecule has 100 valence electrons. The topological polar surface area (TPSA) is 65.8 Å². The van der Waals surface area contributed by atoms with Crippen molar-refractivity contribution in [2.75, 3.05) is 5.32 Å². The molecule has 0 aliphatic heterocycles. The first-order valence-electron chi connectivity index (χ1n) is 6.30. The van der Waals surface area contributed by atoms with Gasteiger partial charge in [0.15, 0.2) is 0 Å². The number of nitrogens with zero attached hydrogens (tertiary/aromatic N) is 2. The number of amides is 1. The number of carbonyl (C=O) groups excluding carboxylic acids is 1. The number of anilines is 1. The van der Waals surface area contributed by atoms with E-state index >= 15 is 0 Å². The number of nitriles is 1. The van der Waals surface area contributed by atoms with Crippen LogP contribution < -0.4 is 5.32 Å². The minimum absolute atomic E-state index is 0.198. The van der Waals surface area contributed by atoms with Crippen LogP contribution >= 0.6 is 0 Å². The van der Waals surface area contributed by atoms with Gasteiger partial charge >= 0.3 is 0 Å². The molecular weight excluding hydrogens is 250 g/mol. The van der Waals surface area contributed by atoms with Crippen LogP contribution in [0.25, 0.3) is 0 Å². The Morgan fingerprint density at radius 2 is 1.95 bits per heavy atom. The number of rotatable bonds is 3. The van der Waals surface area contributed by atoms with E-state index < -0.39 is 0 Å². The second-order valence-electron chi connectivity index (χ2n) is 4.70. The molecule has 1 N–H and O–H groups in total. The van der Waals surface area contributed by atoms with Crippen LogP contribution in [-0.2, 0) is 6.42 Å². The van der Waals surface area contributed by atoms with Gasteiger partial charge in [-0.05, 0) is 49.2 Å². The number of carbonyl (C=O) groups is 1. The number of hydrogen-bond donors (Lipinski definition) is 1. The Hall–Kier alpha value is -2.67. The number of pyridine rings is 1. The Bertz CT molecular complexity index is 666. The maximum absolute atomic E-state index is 12.2. The lowest BCUT2D eigenvalue weighted by molar-refractivity contribution is 0.102. The van der Waals surface area contributed by atoms with Crippen LogP contribution in [0.4, 0.5) is 5.69 Å². The predicted molar refractivity (Wildman–Crippen MR) is 77.4 cm³/mol. The molecule has 1 aromatic heterocycles. The van der Waals surface area contributed by atoms with Crippen molar-refractivity contribution in [2.24, 2.45) is 0 Å². The van der Waals surface area contributed by atoms with Crippen LogP contribution in [0, 0.1) is 25.2 Å². The summed E-state index contributed by atoms with van der Waals surface area (Å²) in [5, 5.41) is 11.5. The van der Waals surface area contributed by atoms with Gasteiger partial charge in [0.25, 0.3) is 5.91 Å². The van der Waals surface area contributed by atoms with Gasteiger partial charge in [0.05, 0.1) is 18.2 Å². The average molecular weight is 265 g/mol. The lowest BCUT2D eigenvalue weighted by atomic mass is 10.1. The molecule has 1 heterocycles. The molecule has 0 saturated heterocycles. The summed E-state index contributed by atoms with van der Waals surface area (Å²) in [7, 11) is 0. The van der Waals surface area contributed by atoms with Gasteiger partial charge in [-0.1, -0.05) is 6.07 Å². The summed E-state index contributed by atoms with van der Waals surface area (Å²) in [6.45, 7) is 3.97. The van der Waals surface area contributed by atoms with Crippen molar-refractivity contribution in [1.82, 2.24) is 4.98 Å². The highest BCUT2D eigenvalue weighted by molar-refractivity contribution is 6.04. The molecule has 0 spiro atoms. The molecule has 1 aromatic carbocycles. The molecule has 4 heteroatoms. The van der Waals surface area contributed by atoms with Gasteiger partial charge in [-0.25, -0.2) is 0 Å². The zero-order valence-electron chi connectivity index (χ0n) is 11.5. The van der Waals surface area contributed by atoms with Crippen LogP contribution in [0.1, 0.15) is 27.2 Å². The summed E-state index contributed by atoms with van der Waals surface area (Å²) in [6, 6.07) is 11.2. The Morgan fingerprint density at radius 3 is 2.60 bits per heavy atom. The lowest BCUT2D eigenvalue weighted by Crippen LogP contribution is -2.12. The first-order valence-corrected chi connectivity index (χ1v) is 6.30. The third kappa shape index (κ3) is 3.42. The van der Waals surface area contributed by atoms with E-state index in [-0.39, 0.29) is 12.3 Å². The fourth-order valence-corrected chi connectivity index (χ4v) is 2.05. The molecule has 1 amide bonds. The Balaban J connectivity index is 2.19. The molecule has 0 unspecified atom stereocenters. The van der Waals surface area contributed by atoms with Crippen LogP contribution in [0.5, 0.6) is 0 Å². The maximum atomic E-state index is 12.2. The fourth-order valence-electron chi connectivity index (χ4n) is 2.05. The van der Waals surface area contributed by atoms with Crippen LogP contribution in [-0.4, -0.2) is 10.9 Å². The standard InChI is InChI=1S/C16H15N3O/c1-11-7-12(2)9-15(8-11)19-16(20)13-4-6-18-14(10-13)3-5-17/h4,6-10H,3H2,1-2H3,(H,19,20). The van der Waals surface area contributed by atoms with Crippen molar-refractivity contribution in [3.63, 3.8) is 0 Å². The van der Waals surface area contributed by atoms with Crippen molar-refractivity contribution in [3.05, 3.63) is 58.9 Å². The van der Waals surface area contributed by atoms with E-state index in [2.05, 4.69) is 10.3 Å². The quantitative estimate of drug-likeness (QED) is 0.927. The third-order valence-corrected chi connectivity index (χ3v) is 2.82. The van der Waals surface area contributed by atoms with Crippen LogP contribution in [0.3, 0.4) is 0 Å². The van der Waals surface area contributed by atoms with Gasteiger partial charge in [-0.3, -0.25) is 9.78 Å². The summed E-state index contributed by atoms with van der Waals surface area (Å²) < 4.78 is 0. The van der Waals surface area contributed by atoms with E-state index in [0.29, 0.717) is 11.3 Å². The van der Waals surface area contributed by atoms with E-state index in [0.717, 1.165) is 16.8 Å². The molecule has 0 atom stereocenters. The number of aromatic nitrogens is 1. The number of benzene rings is 1. The first-order chi connectivity index (χ1) is 9.58. The molecule has 4 nitrogen and oxygen atoms in total. The first kappa shape index (κ1) is 13.8. The van der Waals surface area contributed by atoms with Crippen LogP contribution in [0.15, 0.2) is 36.5 Å². The van der Waals surface area contributed by atoms with Crippen molar-refractivity contribution in [2.45, 2.75) is 20.3 Å². The molecule has 20 heavy (non-hydrogen) atoms. The highest BCUT2D eigenvalue weighted by atomic mass is 16.1. The second-order valence-corrected chi connectivity index (χ2v) is 4.70. The molecular formula is C16H15N3O. The van der Waals surface area contributed by atoms with Crippen molar-refractivity contribution < 1.29 is 4.79 Å². The number of aryl methyl sites for hydroxylation is 2. The number of nitrogens with one attached hydrogen (secondary N) is 1. The summed E-state index contributed by atoms with van der Waals surface area (Å²) in [5.41, 5.74) is 4.07. The van der Waals surface area contributed by atoms with Gasteiger partial charge in [0, 0.05) is 17.4 Å². The van der Waals surface area contributed by atoms with E-state index in [1.165, 1.54) is 0 Å². The molecule has 0 aliphatic carbocycles. The molecule has 0 aliphatic rings. The minimum atomic E-state index is -0.198. The summed E-state index contributed by atoms with van der Waals surface area (Å²) >= 11 is 0. The smallest absolute Gasteiger partial charge is 0.255 e. The molecule has 0 radical (unpaired) electrons. The third-order valence-electron chi connectivity index (χ3n) is 2.82. The van der Waals surface area contributed by atoms with Gasteiger partial charge < -0.3 is 5.32 Å². The van der Waals surface area contributed by atoms with Crippen molar-refractivity contribution in [3.8, 4) is 6.07 Å². The van der Waals surface area contributed by atoms with Crippen molar-refractivity contribution in [1.29, 1.82) is 5.26 Å². The zero-order valence-corrected chi connectivity index (χ0v) is 11.5. The molecule has 0 saturated carbocycles. The summed E-state index contributed by atoms with van der Waals surface area (Å²) in [4.78, 5) is 16.2. The Morgan fingerprint density at radius 1 is 1.25 bits per heavy atom. The monoisotopic (exact) mass is 265 g/mol. The minimum Gasteiger partial charge on any atom is -0.322 e. The highest BCUT2D eigenvalue weighted by Crippen LogP contribution is 2.15. The average Bonchev–Trinajstić information content (AvgIpc) is 2.38. The van der Waals surface area contributed by atoms with Gasteiger partial charge in [0.1, 0.15) is 0 Å². The molecule has 2 aromatic rings. The largest absolute Gasteiger partial charge is 0.322 e. The lowest BCUT2D eigenvalue weighted by Gasteiger charge is -2.08. The molecule has 0 fully saturated rings. The highest BCUT2D eigenvalue weighted by Gasteiger charge is 2.08. The van der Waals surface area contributed by atoms with Gasteiger partial charge in [0.2, 0.25) is 0 Å². The molecule has 0 bridgehead atoms. The fraction of sp³-hybridized carbons (Fsp3) is 0.188. The SMILES string of the molecule is Cc1cc(C)cc(NC(=O)c2ccnc(CC#N)c2)c1. The Kier molecular flexibility index (Phi) is 4.11. The van der Waals surface area contributed by atoms with E-state index in [1.54, 1.807) is 18.3 Å². The zero-order chi connectivity index (χ0) is 14.5. The second kappa shape index (κ2) is 5.98. The van der Waals surface area contributed by atoms with Gasteiger partial charge in [-0.15, -0.1) is 0 Å². The van der Waals surface area contributed by atoms with Crippen LogP contribution in [0.2, 0.25) is 0 Å². The van der Waals surface area contributed by atoms with Crippen molar-refractivity contribution >= 4 is 11.6 Å². The summed E-state index contributed by atoms with van der Waals surface area (Å²) in [5.74, 6) is -0.198. The van der Waals surface area contributed by atoms with Gasteiger partial charge in [-0.2, -0.15) is 5.26 Å². The maximum Gasteiger partial charge on any atom is 0.255 e. The molecule has 2 rings (SSSR count). The predicted octanol–water partition coefficient (Wildman–Crippen LogP) is 3.02. The Labute approximate surface area is 118 Å².